The van der Waals surface area contributed by atoms with Crippen molar-refractivity contribution < 1.29 is 13.2 Å². The van der Waals surface area contributed by atoms with Crippen molar-refractivity contribution in [2.45, 2.75) is 24.3 Å². The van der Waals surface area contributed by atoms with Crippen molar-refractivity contribution in [1.29, 1.82) is 0 Å². The zero-order valence-electron chi connectivity index (χ0n) is 10.6. The Morgan fingerprint density at radius 1 is 1.44 bits per heavy atom. The van der Waals surface area contributed by atoms with E-state index in [4.69, 9.17) is 10.5 Å². The van der Waals surface area contributed by atoms with Gasteiger partial charge in [0.1, 0.15) is 4.90 Å². The van der Waals surface area contributed by atoms with Gasteiger partial charge in [0.15, 0.2) is 0 Å². The molecular formula is C12H18N2O3S. The molecule has 18 heavy (non-hydrogen) atoms. The Kier molecular flexibility index (Phi) is 3.61. The number of rotatable bonds is 3. The second kappa shape index (κ2) is 4.87. The molecular weight excluding hydrogens is 252 g/mol. The molecule has 0 radical (unpaired) electrons. The molecule has 0 aromatic heterocycles. The molecule has 1 aliphatic heterocycles. The highest BCUT2D eigenvalue weighted by molar-refractivity contribution is 7.89. The minimum Gasteiger partial charge on any atom is -0.398 e. The van der Waals surface area contributed by atoms with Crippen LogP contribution in [0.5, 0.6) is 0 Å². The van der Waals surface area contributed by atoms with Crippen LogP contribution in [0.1, 0.15) is 12.0 Å². The van der Waals surface area contributed by atoms with Crippen LogP contribution in [0.4, 0.5) is 5.69 Å². The number of sulfonamides is 1. The summed E-state index contributed by atoms with van der Waals surface area (Å²) in [5.74, 6) is 0. The van der Waals surface area contributed by atoms with Crippen molar-refractivity contribution in [1.82, 2.24) is 4.31 Å². The van der Waals surface area contributed by atoms with E-state index in [2.05, 4.69) is 0 Å². The standard InChI is InChI=1S/C12H18N2O3S/c1-9-4-3-5-11(13)12(9)18(15,16)14(2)10-6-7-17-8-10/h3-5,10H,6-8,13H2,1-2H3. The second-order valence-electron chi connectivity index (χ2n) is 4.53. The van der Waals surface area contributed by atoms with Crippen molar-refractivity contribution >= 4 is 15.7 Å². The summed E-state index contributed by atoms with van der Waals surface area (Å²) in [6.45, 7) is 2.80. The number of benzene rings is 1. The Morgan fingerprint density at radius 2 is 2.17 bits per heavy atom. The van der Waals surface area contributed by atoms with Crippen LogP contribution in [0, 0.1) is 6.92 Å². The average Bonchev–Trinajstić information content (AvgIpc) is 2.80. The summed E-state index contributed by atoms with van der Waals surface area (Å²) in [6.07, 6.45) is 0.724. The van der Waals surface area contributed by atoms with Gasteiger partial charge < -0.3 is 10.5 Å². The van der Waals surface area contributed by atoms with E-state index >= 15 is 0 Å². The van der Waals surface area contributed by atoms with Crippen LogP contribution in [0.15, 0.2) is 23.1 Å². The molecule has 1 aromatic carbocycles. The molecule has 5 nitrogen and oxygen atoms in total. The van der Waals surface area contributed by atoms with E-state index in [0.717, 1.165) is 6.42 Å². The number of hydrogen-bond donors (Lipinski definition) is 1. The lowest BCUT2D eigenvalue weighted by atomic mass is 10.2. The average molecular weight is 270 g/mol. The number of nitrogens with zero attached hydrogens (tertiary/aromatic N) is 1. The first kappa shape index (κ1) is 13.3. The number of nitrogen functional groups attached to an aromatic ring is 1. The lowest BCUT2D eigenvalue weighted by Gasteiger charge is -2.24. The van der Waals surface area contributed by atoms with E-state index in [0.29, 0.717) is 24.5 Å². The molecule has 0 aliphatic carbocycles. The smallest absolute Gasteiger partial charge is 0.245 e. The lowest BCUT2D eigenvalue weighted by molar-refractivity contribution is 0.181. The van der Waals surface area contributed by atoms with E-state index in [1.807, 2.05) is 0 Å². The highest BCUT2D eigenvalue weighted by Gasteiger charge is 2.32. The number of likely N-dealkylation sites (N-methyl/N-ethyl adjacent to an activating group) is 1. The molecule has 1 aromatic rings. The minimum atomic E-state index is -3.56. The normalized spacial score (nSPS) is 20.5. The fourth-order valence-corrected chi connectivity index (χ4v) is 3.86. The largest absolute Gasteiger partial charge is 0.398 e. The van der Waals surface area contributed by atoms with Crippen LogP contribution in [0.2, 0.25) is 0 Å². The Bertz CT molecular complexity index is 516. The van der Waals surface area contributed by atoms with Crippen molar-refractivity contribution in [3.8, 4) is 0 Å². The Morgan fingerprint density at radius 3 is 2.72 bits per heavy atom. The summed E-state index contributed by atoms with van der Waals surface area (Å²) in [7, 11) is -1.97. The van der Waals surface area contributed by atoms with E-state index in [1.165, 1.54) is 4.31 Å². The van der Waals surface area contributed by atoms with Gasteiger partial charge in [0.25, 0.3) is 0 Å². The third kappa shape index (κ3) is 2.23. The molecule has 1 fully saturated rings. The minimum absolute atomic E-state index is 0.103. The Balaban J connectivity index is 2.41. The van der Waals surface area contributed by atoms with Gasteiger partial charge in [-0.25, -0.2) is 8.42 Å². The van der Waals surface area contributed by atoms with Gasteiger partial charge in [0.05, 0.1) is 18.3 Å². The first-order valence-electron chi connectivity index (χ1n) is 5.85. The molecule has 1 unspecified atom stereocenters. The van der Waals surface area contributed by atoms with E-state index < -0.39 is 10.0 Å². The fourth-order valence-electron chi connectivity index (χ4n) is 2.18. The maximum Gasteiger partial charge on any atom is 0.245 e. The quantitative estimate of drug-likeness (QED) is 0.831. The zero-order valence-corrected chi connectivity index (χ0v) is 11.4. The van der Waals surface area contributed by atoms with Crippen LogP contribution in [0.3, 0.4) is 0 Å². The third-order valence-corrected chi connectivity index (χ3v) is 5.43. The zero-order chi connectivity index (χ0) is 13.3. The van der Waals surface area contributed by atoms with Gasteiger partial charge in [-0.2, -0.15) is 4.31 Å². The summed E-state index contributed by atoms with van der Waals surface area (Å²) in [4.78, 5) is 0.208. The molecule has 2 N–H and O–H groups in total. The second-order valence-corrected chi connectivity index (χ2v) is 6.47. The monoisotopic (exact) mass is 270 g/mol. The molecule has 2 rings (SSSR count). The van der Waals surface area contributed by atoms with Crippen molar-refractivity contribution in [2.24, 2.45) is 0 Å². The van der Waals surface area contributed by atoms with E-state index in [1.54, 1.807) is 32.2 Å². The highest BCUT2D eigenvalue weighted by Crippen LogP contribution is 2.27. The molecule has 1 saturated heterocycles. The van der Waals surface area contributed by atoms with Crippen LogP contribution in [-0.4, -0.2) is 39.0 Å². The Hall–Kier alpha value is -1.11. The third-order valence-electron chi connectivity index (χ3n) is 3.30. The van der Waals surface area contributed by atoms with Gasteiger partial charge >= 0.3 is 0 Å². The predicted molar refractivity (Wildman–Crippen MR) is 69.8 cm³/mol. The topological polar surface area (TPSA) is 72.6 Å². The fraction of sp³-hybridized carbons (Fsp3) is 0.500. The molecule has 1 atom stereocenters. The van der Waals surface area contributed by atoms with Crippen molar-refractivity contribution in [2.75, 3.05) is 26.0 Å². The molecule has 0 amide bonds. The molecule has 1 aliphatic rings. The number of ether oxygens (including phenoxy) is 1. The summed E-state index contributed by atoms with van der Waals surface area (Å²) >= 11 is 0. The molecule has 6 heteroatoms. The van der Waals surface area contributed by atoms with Crippen LogP contribution < -0.4 is 5.73 Å². The van der Waals surface area contributed by atoms with Crippen molar-refractivity contribution in [3.05, 3.63) is 23.8 Å². The molecule has 100 valence electrons. The maximum absolute atomic E-state index is 12.6. The van der Waals surface area contributed by atoms with Crippen LogP contribution in [0.25, 0.3) is 0 Å². The van der Waals surface area contributed by atoms with Crippen molar-refractivity contribution in [3.63, 3.8) is 0 Å². The van der Waals surface area contributed by atoms with Gasteiger partial charge in [0, 0.05) is 13.7 Å². The van der Waals surface area contributed by atoms with Gasteiger partial charge in [-0.1, -0.05) is 12.1 Å². The molecule has 0 spiro atoms. The number of anilines is 1. The highest BCUT2D eigenvalue weighted by atomic mass is 32.2. The van der Waals surface area contributed by atoms with Gasteiger partial charge in [0.2, 0.25) is 10.0 Å². The maximum atomic E-state index is 12.6. The number of aryl methyl sites for hydroxylation is 1. The molecule has 1 heterocycles. The Labute approximate surface area is 108 Å². The predicted octanol–water partition coefficient (Wildman–Crippen LogP) is 0.987. The van der Waals surface area contributed by atoms with Crippen LogP contribution >= 0.6 is 0 Å². The lowest BCUT2D eigenvalue weighted by Crippen LogP contribution is -2.37. The summed E-state index contributed by atoms with van der Waals surface area (Å²) < 4.78 is 31.7. The summed E-state index contributed by atoms with van der Waals surface area (Å²) in [5, 5.41) is 0. The summed E-state index contributed by atoms with van der Waals surface area (Å²) in [6, 6.07) is 5.01. The van der Waals surface area contributed by atoms with E-state index in [-0.39, 0.29) is 10.9 Å². The SMILES string of the molecule is Cc1cccc(N)c1S(=O)(=O)N(C)C1CCOC1. The first-order chi connectivity index (χ1) is 8.44. The van der Waals surface area contributed by atoms with Gasteiger partial charge in [-0.15, -0.1) is 0 Å². The van der Waals surface area contributed by atoms with E-state index in [9.17, 15) is 8.42 Å². The molecule has 0 bridgehead atoms. The van der Waals surface area contributed by atoms with Gasteiger partial charge in [-0.05, 0) is 25.0 Å². The first-order valence-corrected chi connectivity index (χ1v) is 7.29. The number of hydrogen-bond acceptors (Lipinski definition) is 4. The van der Waals surface area contributed by atoms with Gasteiger partial charge in [-0.3, -0.25) is 0 Å². The number of nitrogens with two attached hydrogens (primary N) is 1. The molecule has 0 saturated carbocycles. The van der Waals surface area contributed by atoms with Crippen LogP contribution in [-0.2, 0) is 14.8 Å². The summed E-state index contributed by atoms with van der Waals surface area (Å²) in [5.41, 5.74) is 6.77.